The van der Waals surface area contributed by atoms with E-state index in [9.17, 15) is 4.79 Å². The summed E-state index contributed by atoms with van der Waals surface area (Å²) in [4.78, 5) is 19.2. The Hall–Kier alpha value is -1.62. The molecule has 0 unspecified atom stereocenters. The Kier molecular flexibility index (Phi) is 7.87. The molecule has 1 aliphatic rings. The zero-order chi connectivity index (χ0) is 16.4. The van der Waals surface area contributed by atoms with Crippen LogP contribution in [0.5, 0.6) is 0 Å². The van der Waals surface area contributed by atoms with Crippen molar-refractivity contribution in [1.29, 1.82) is 0 Å². The molecule has 1 aromatic carbocycles. The Morgan fingerprint density at radius 3 is 2.40 bits per heavy atom. The molecule has 1 aliphatic heterocycles. The van der Waals surface area contributed by atoms with Crippen LogP contribution in [0, 0.1) is 19.8 Å². The molecule has 2 atom stereocenters. The number of aryl methyl sites for hydroxylation is 2. The lowest BCUT2D eigenvalue weighted by Gasteiger charge is -2.18. The summed E-state index contributed by atoms with van der Waals surface area (Å²) < 4.78 is 0. The standard InChI is InChI=1S/C19H23N3O.2ClH/c1-13-8-9-17(14(2)21-13)19(23)22-11-16(10-20)18(12-22)15-6-4-3-5-7-15;;/h3-9,16,18H,10-12,20H2,1-2H3;2*1H/t16-,18+;;/m1../s1. The SMILES string of the molecule is Cc1ccc(C(=O)N2C[C@@H](CN)[C@H](c3ccccc3)C2)c(C)n1.Cl.Cl. The summed E-state index contributed by atoms with van der Waals surface area (Å²) in [5.74, 6) is 0.677. The smallest absolute Gasteiger partial charge is 0.255 e. The van der Waals surface area contributed by atoms with E-state index in [-0.39, 0.29) is 30.7 Å². The van der Waals surface area contributed by atoms with Gasteiger partial charge >= 0.3 is 0 Å². The van der Waals surface area contributed by atoms with Crippen molar-refractivity contribution in [2.24, 2.45) is 11.7 Å². The number of hydrogen-bond donors (Lipinski definition) is 1. The van der Waals surface area contributed by atoms with Gasteiger partial charge in [-0.25, -0.2) is 0 Å². The van der Waals surface area contributed by atoms with Gasteiger partial charge in [-0.2, -0.15) is 0 Å². The number of likely N-dealkylation sites (tertiary alicyclic amines) is 1. The van der Waals surface area contributed by atoms with Crippen molar-refractivity contribution in [3.63, 3.8) is 0 Å². The largest absolute Gasteiger partial charge is 0.338 e. The third-order valence-corrected chi connectivity index (χ3v) is 4.71. The van der Waals surface area contributed by atoms with Crippen LogP contribution in [0.15, 0.2) is 42.5 Å². The molecule has 1 amide bonds. The molecular formula is C19H25Cl2N3O. The van der Waals surface area contributed by atoms with E-state index in [2.05, 4.69) is 17.1 Å². The lowest BCUT2D eigenvalue weighted by Crippen LogP contribution is -2.30. The summed E-state index contributed by atoms with van der Waals surface area (Å²) in [6.45, 7) is 5.85. The number of halogens is 2. The predicted octanol–water partition coefficient (Wildman–Crippen LogP) is 3.36. The summed E-state index contributed by atoms with van der Waals surface area (Å²) in [5.41, 5.74) is 9.64. The molecule has 3 rings (SSSR count). The minimum atomic E-state index is 0. The second-order valence-electron chi connectivity index (χ2n) is 6.31. The normalized spacial score (nSPS) is 19.1. The zero-order valence-corrected chi connectivity index (χ0v) is 16.1. The zero-order valence-electron chi connectivity index (χ0n) is 14.5. The maximum Gasteiger partial charge on any atom is 0.255 e. The van der Waals surface area contributed by atoms with Crippen LogP contribution in [0.3, 0.4) is 0 Å². The van der Waals surface area contributed by atoms with E-state index in [4.69, 9.17) is 5.73 Å². The average Bonchev–Trinajstić information content (AvgIpc) is 2.99. The van der Waals surface area contributed by atoms with Crippen LogP contribution in [0.25, 0.3) is 0 Å². The molecule has 1 fully saturated rings. The highest BCUT2D eigenvalue weighted by Gasteiger charge is 2.35. The number of amides is 1. The van der Waals surface area contributed by atoms with E-state index >= 15 is 0 Å². The van der Waals surface area contributed by atoms with Crippen molar-refractivity contribution in [3.05, 3.63) is 65.0 Å². The van der Waals surface area contributed by atoms with Crippen molar-refractivity contribution < 1.29 is 4.79 Å². The first-order valence-electron chi connectivity index (χ1n) is 8.08. The van der Waals surface area contributed by atoms with Gasteiger partial charge in [-0.05, 0) is 44.0 Å². The Morgan fingerprint density at radius 1 is 1.12 bits per heavy atom. The molecule has 6 heteroatoms. The van der Waals surface area contributed by atoms with Gasteiger partial charge in [-0.15, -0.1) is 24.8 Å². The molecule has 0 spiro atoms. The van der Waals surface area contributed by atoms with Crippen LogP contribution in [0.2, 0.25) is 0 Å². The van der Waals surface area contributed by atoms with Crippen LogP contribution in [0.1, 0.15) is 33.2 Å². The van der Waals surface area contributed by atoms with Gasteiger partial charge in [-0.3, -0.25) is 9.78 Å². The fraction of sp³-hybridized carbons (Fsp3) is 0.368. The second-order valence-corrected chi connectivity index (χ2v) is 6.31. The molecule has 0 saturated carbocycles. The number of rotatable bonds is 3. The molecule has 1 aromatic heterocycles. The summed E-state index contributed by atoms with van der Waals surface area (Å²) in [6.07, 6.45) is 0. The monoisotopic (exact) mass is 381 g/mol. The molecule has 2 N–H and O–H groups in total. The molecule has 1 saturated heterocycles. The molecule has 0 bridgehead atoms. The van der Waals surface area contributed by atoms with Gasteiger partial charge in [0.05, 0.1) is 11.3 Å². The molecule has 0 radical (unpaired) electrons. The molecule has 4 nitrogen and oxygen atoms in total. The Bertz CT molecular complexity index is 709. The first-order chi connectivity index (χ1) is 11.1. The van der Waals surface area contributed by atoms with Crippen LogP contribution in [0.4, 0.5) is 0 Å². The molecule has 2 aromatic rings. The maximum atomic E-state index is 12.9. The Labute approximate surface area is 161 Å². The number of nitrogens with two attached hydrogens (primary N) is 1. The quantitative estimate of drug-likeness (QED) is 0.886. The molecular weight excluding hydrogens is 357 g/mol. The number of carbonyl (C=O) groups excluding carboxylic acids is 1. The van der Waals surface area contributed by atoms with E-state index in [1.807, 2.05) is 49.1 Å². The number of hydrogen-bond acceptors (Lipinski definition) is 3. The van der Waals surface area contributed by atoms with Crippen molar-refractivity contribution in [3.8, 4) is 0 Å². The summed E-state index contributed by atoms with van der Waals surface area (Å²) in [7, 11) is 0. The first kappa shape index (κ1) is 21.4. The highest BCUT2D eigenvalue weighted by atomic mass is 35.5. The maximum absolute atomic E-state index is 12.9. The topological polar surface area (TPSA) is 59.2 Å². The molecule has 25 heavy (non-hydrogen) atoms. The molecule has 2 heterocycles. The van der Waals surface area contributed by atoms with Crippen molar-refractivity contribution >= 4 is 30.7 Å². The van der Waals surface area contributed by atoms with Crippen LogP contribution < -0.4 is 5.73 Å². The Morgan fingerprint density at radius 2 is 1.80 bits per heavy atom. The van der Waals surface area contributed by atoms with Crippen molar-refractivity contribution in [2.45, 2.75) is 19.8 Å². The number of nitrogens with zero attached hydrogens (tertiary/aromatic N) is 2. The van der Waals surface area contributed by atoms with E-state index in [1.165, 1.54) is 5.56 Å². The molecule has 136 valence electrons. The highest BCUT2D eigenvalue weighted by molar-refractivity contribution is 5.95. The minimum absolute atomic E-state index is 0. The number of benzene rings is 1. The third kappa shape index (κ3) is 4.51. The number of pyridine rings is 1. The van der Waals surface area contributed by atoms with E-state index < -0.39 is 0 Å². The van der Waals surface area contributed by atoms with Gasteiger partial charge in [0.1, 0.15) is 0 Å². The van der Waals surface area contributed by atoms with E-state index in [0.717, 1.165) is 17.9 Å². The van der Waals surface area contributed by atoms with Gasteiger partial charge in [0.2, 0.25) is 0 Å². The average molecular weight is 382 g/mol. The minimum Gasteiger partial charge on any atom is -0.338 e. The van der Waals surface area contributed by atoms with Gasteiger partial charge in [0.15, 0.2) is 0 Å². The van der Waals surface area contributed by atoms with Gasteiger partial charge in [-0.1, -0.05) is 30.3 Å². The fourth-order valence-corrected chi connectivity index (χ4v) is 3.44. The van der Waals surface area contributed by atoms with Gasteiger partial charge in [0, 0.05) is 24.7 Å². The second kappa shape index (κ2) is 9.18. The summed E-state index contributed by atoms with van der Waals surface area (Å²) in [5, 5.41) is 0. The fourth-order valence-electron chi connectivity index (χ4n) is 3.44. The van der Waals surface area contributed by atoms with Crippen molar-refractivity contribution in [1.82, 2.24) is 9.88 Å². The van der Waals surface area contributed by atoms with E-state index in [1.54, 1.807) is 0 Å². The van der Waals surface area contributed by atoms with E-state index in [0.29, 0.717) is 30.5 Å². The molecule has 0 aliphatic carbocycles. The van der Waals surface area contributed by atoms with Gasteiger partial charge in [0.25, 0.3) is 5.91 Å². The number of aromatic nitrogens is 1. The van der Waals surface area contributed by atoms with Gasteiger partial charge < -0.3 is 10.6 Å². The van der Waals surface area contributed by atoms with Crippen LogP contribution in [-0.2, 0) is 0 Å². The summed E-state index contributed by atoms with van der Waals surface area (Å²) in [6, 6.07) is 14.1. The van der Waals surface area contributed by atoms with Crippen molar-refractivity contribution in [2.75, 3.05) is 19.6 Å². The predicted molar refractivity (Wildman–Crippen MR) is 106 cm³/mol. The van der Waals surface area contributed by atoms with Crippen LogP contribution in [-0.4, -0.2) is 35.4 Å². The first-order valence-corrected chi connectivity index (χ1v) is 8.08. The number of carbonyl (C=O) groups is 1. The third-order valence-electron chi connectivity index (χ3n) is 4.71. The summed E-state index contributed by atoms with van der Waals surface area (Å²) >= 11 is 0. The van der Waals surface area contributed by atoms with Crippen LogP contribution >= 0.6 is 24.8 Å². The highest BCUT2D eigenvalue weighted by Crippen LogP contribution is 2.33. The lowest BCUT2D eigenvalue weighted by molar-refractivity contribution is 0.0785. The lowest BCUT2D eigenvalue weighted by atomic mass is 9.89. The Balaban J connectivity index is 0.00000156.